The van der Waals surface area contributed by atoms with Gasteiger partial charge in [-0.05, 0) is 49.1 Å². The van der Waals surface area contributed by atoms with Crippen LogP contribution in [-0.4, -0.2) is 45.8 Å². The molecule has 0 atom stereocenters. The number of fused-ring (bicyclic) bond motifs is 5. The fourth-order valence-corrected chi connectivity index (χ4v) is 4.74. The summed E-state index contributed by atoms with van der Waals surface area (Å²) in [6.07, 6.45) is 5.22. The number of nitrogen functional groups attached to an aromatic ring is 1. The minimum absolute atomic E-state index is 0.209. The van der Waals surface area contributed by atoms with Gasteiger partial charge < -0.3 is 15.0 Å². The smallest absolute Gasteiger partial charge is 0.315 e. The SMILES string of the molecule is CC(C)Cc1nc2oc3c(=O)n(N)c(CN4CCOCC4)nc3c2c2c1CCCC2. The van der Waals surface area contributed by atoms with Crippen LogP contribution in [0.25, 0.3) is 22.2 Å². The average Bonchev–Trinajstić information content (AvgIpc) is 3.11. The summed E-state index contributed by atoms with van der Waals surface area (Å²) >= 11 is 0. The Hall–Kier alpha value is -2.45. The third-order valence-electron chi connectivity index (χ3n) is 6.22. The summed E-state index contributed by atoms with van der Waals surface area (Å²) in [6.45, 7) is 7.88. The van der Waals surface area contributed by atoms with Gasteiger partial charge in [-0.1, -0.05) is 13.8 Å². The molecule has 8 heteroatoms. The van der Waals surface area contributed by atoms with E-state index in [1.807, 2.05) is 0 Å². The highest BCUT2D eigenvalue weighted by Gasteiger charge is 2.26. The molecule has 4 heterocycles. The molecule has 0 unspecified atom stereocenters. The van der Waals surface area contributed by atoms with Crippen LogP contribution in [0.2, 0.25) is 0 Å². The molecule has 0 spiro atoms. The molecule has 0 radical (unpaired) electrons. The van der Waals surface area contributed by atoms with Crippen molar-refractivity contribution in [1.29, 1.82) is 0 Å². The molecular formula is C22H29N5O3. The number of hydrogen-bond acceptors (Lipinski definition) is 7. The van der Waals surface area contributed by atoms with Crippen molar-refractivity contribution in [3.05, 3.63) is 33.0 Å². The molecule has 30 heavy (non-hydrogen) atoms. The van der Waals surface area contributed by atoms with Crippen LogP contribution < -0.4 is 11.4 Å². The Labute approximate surface area is 175 Å². The van der Waals surface area contributed by atoms with E-state index in [1.54, 1.807) is 0 Å². The fraction of sp³-hybridized carbons (Fsp3) is 0.591. The van der Waals surface area contributed by atoms with E-state index in [0.29, 0.717) is 42.7 Å². The van der Waals surface area contributed by atoms with Crippen LogP contribution in [-0.2, 0) is 30.5 Å². The first kappa shape index (κ1) is 19.5. The molecule has 0 aromatic carbocycles. The summed E-state index contributed by atoms with van der Waals surface area (Å²) in [5, 5.41) is 0.910. The minimum atomic E-state index is -0.351. The number of nitrogens with two attached hydrogens (primary N) is 1. The van der Waals surface area contributed by atoms with Crippen molar-refractivity contribution >= 4 is 22.2 Å². The maximum atomic E-state index is 13.0. The largest absolute Gasteiger partial charge is 0.430 e. The number of aryl methyl sites for hydroxylation is 1. The highest BCUT2D eigenvalue weighted by Crippen LogP contribution is 2.35. The number of hydrogen-bond donors (Lipinski definition) is 1. The lowest BCUT2D eigenvalue weighted by Crippen LogP contribution is -2.39. The van der Waals surface area contributed by atoms with Crippen LogP contribution in [0, 0.1) is 5.92 Å². The molecule has 3 aromatic heterocycles. The number of nitrogens with zero attached hydrogens (tertiary/aromatic N) is 4. The monoisotopic (exact) mass is 411 g/mol. The first-order valence-corrected chi connectivity index (χ1v) is 11.0. The quantitative estimate of drug-likeness (QED) is 0.657. The summed E-state index contributed by atoms with van der Waals surface area (Å²) in [5.74, 6) is 7.18. The zero-order valence-corrected chi connectivity index (χ0v) is 17.7. The van der Waals surface area contributed by atoms with Crippen molar-refractivity contribution in [1.82, 2.24) is 19.5 Å². The average molecular weight is 412 g/mol. The minimum Gasteiger partial charge on any atom is -0.430 e. The second-order valence-electron chi connectivity index (χ2n) is 8.87. The normalized spacial score (nSPS) is 17.8. The molecule has 2 N–H and O–H groups in total. The van der Waals surface area contributed by atoms with Crippen molar-refractivity contribution in [3.63, 3.8) is 0 Å². The summed E-state index contributed by atoms with van der Waals surface area (Å²) in [5.41, 5.74) is 4.69. The van der Waals surface area contributed by atoms with Crippen molar-refractivity contribution < 1.29 is 9.15 Å². The van der Waals surface area contributed by atoms with Gasteiger partial charge in [-0.15, -0.1) is 0 Å². The third kappa shape index (κ3) is 3.28. The van der Waals surface area contributed by atoms with Gasteiger partial charge in [-0.25, -0.2) is 14.6 Å². The number of aromatic nitrogens is 3. The Morgan fingerprint density at radius 2 is 1.83 bits per heavy atom. The predicted octanol–water partition coefficient (Wildman–Crippen LogP) is 2.16. The van der Waals surface area contributed by atoms with Crippen LogP contribution in [0.1, 0.15) is 49.3 Å². The van der Waals surface area contributed by atoms with Gasteiger partial charge in [0.25, 0.3) is 0 Å². The van der Waals surface area contributed by atoms with E-state index < -0.39 is 0 Å². The first-order valence-electron chi connectivity index (χ1n) is 11.0. The van der Waals surface area contributed by atoms with Crippen molar-refractivity contribution in [3.8, 4) is 0 Å². The second-order valence-corrected chi connectivity index (χ2v) is 8.87. The number of furan rings is 1. The third-order valence-corrected chi connectivity index (χ3v) is 6.22. The summed E-state index contributed by atoms with van der Waals surface area (Å²) in [4.78, 5) is 24.9. The van der Waals surface area contributed by atoms with E-state index >= 15 is 0 Å². The van der Waals surface area contributed by atoms with Gasteiger partial charge in [0.2, 0.25) is 11.3 Å². The molecular weight excluding hydrogens is 382 g/mol. The topological polar surface area (TPSA) is 99.4 Å². The van der Waals surface area contributed by atoms with E-state index in [9.17, 15) is 4.79 Å². The Kier molecular flexibility index (Phi) is 4.99. The molecule has 5 rings (SSSR count). The maximum Gasteiger partial charge on any atom is 0.315 e. The van der Waals surface area contributed by atoms with Crippen molar-refractivity contribution in [2.45, 2.75) is 52.5 Å². The van der Waals surface area contributed by atoms with Crippen LogP contribution in [0.15, 0.2) is 9.21 Å². The number of rotatable bonds is 4. The molecule has 1 aliphatic carbocycles. The zero-order valence-electron chi connectivity index (χ0n) is 17.7. The van der Waals surface area contributed by atoms with Gasteiger partial charge in [0.05, 0.1) is 25.1 Å². The molecule has 3 aromatic rings. The molecule has 1 fully saturated rings. The van der Waals surface area contributed by atoms with Crippen LogP contribution in [0.5, 0.6) is 0 Å². The molecule has 1 saturated heterocycles. The summed E-state index contributed by atoms with van der Waals surface area (Å²) in [7, 11) is 0. The van der Waals surface area contributed by atoms with Gasteiger partial charge in [0.15, 0.2) is 0 Å². The number of ether oxygens (including phenoxy) is 1. The van der Waals surface area contributed by atoms with Gasteiger partial charge in [-0.2, -0.15) is 0 Å². The van der Waals surface area contributed by atoms with E-state index in [4.69, 9.17) is 25.0 Å². The number of morpholine rings is 1. The molecule has 160 valence electrons. The summed E-state index contributed by atoms with van der Waals surface area (Å²) in [6, 6.07) is 0. The Balaban J connectivity index is 1.71. The van der Waals surface area contributed by atoms with Crippen molar-refractivity contribution in [2.75, 3.05) is 32.1 Å². The molecule has 0 amide bonds. The van der Waals surface area contributed by atoms with E-state index in [-0.39, 0.29) is 11.1 Å². The molecule has 0 saturated carbocycles. The molecule has 1 aliphatic heterocycles. The molecule has 8 nitrogen and oxygen atoms in total. The lowest BCUT2D eigenvalue weighted by Gasteiger charge is -2.26. The highest BCUT2D eigenvalue weighted by molar-refractivity contribution is 6.03. The van der Waals surface area contributed by atoms with Gasteiger partial charge in [0.1, 0.15) is 11.3 Å². The van der Waals surface area contributed by atoms with Crippen LogP contribution in [0.3, 0.4) is 0 Å². The predicted molar refractivity (Wildman–Crippen MR) is 115 cm³/mol. The Morgan fingerprint density at radius 3 is 2.57 bits per heavy atom. The van der Waals surface area contributed by atoms with Gasteiger partial charge >= 0.3 is 5.56 Å². The van der Waals surface area contributed by atoms with E-state index in [2.05, 4.69) is 18.7 Å². The lowest BCUT2D eigenvalue weighted by atomic mass is 9.87. The number of pyridine rings is 1. The van der Waals surface area contributed by atoms with Gasteiger partial charge in [-0.3, -0.25) is 9.69 Å². The summed E-state index contributed by atoms with van der Waals surface area (Å²) < 4.78 is 12.5. The van der Waals surface area contributed by atoms with Crippen LogP contribution in [0.4, 0.5) is 0 Å². The van der Waals surface area contributed by atoms with E-state index in [1.165, 1.54) is 17.5 Å². The first-order chi connectivity index (χ1) is 14.5. The standard InChI is InChI=1S/C22H29N5O3/c1-13(2)11-16-14-5-3-4-6-15(14)18-19-20(30-21(18)24-16)22(28)27(23)17(25-19)12-26-7-9-29-10-8-26/h13H,3-12,23H2,1-2H3. The maximum absolute atomic E-state index is 13.0. The lowest BCUT2D eigenvalue weighted by molar-refractivity contribution is 0.0326. The van der Waals surface area contributed by atoms with Crippen molar-refractivity contribution in [2.24, 2.45) is 5.92 Å². The van der Waals surface area contributed by atoms with Crippen LogP contribution >= 0.6 is 0 Å². The Morgan fingerprint density at radius 1 is 1.10 bits per heavy atom. The molecule has 0 bridgehead atoms. The highest BCUT2D eigenvalue weighted by atomic mass is 16.5. The van der Waals surface area contributed by atoms with Gasteiger partial charge in [0, 0.05) is 18.8 Å². The van der Waals surface area contributed by atoms with E-state index in [0.717, 1.165) is 54.5 Å². The second kappa shape index (κ2) is 7.67. The molecule has 2 aliphatic rings. The Bertz CT molecular complexity index is 1160. The fourth-order valence-electron chi connectivity index (χ4n) is 4.74. The zero-order chi connectivity index (χ0) is 20.8.